The van der Waals surface area contributed by atoms with Gasteiger partial charge in [-0.25, -0.2) is 0 Å². The zero-order valence-electron chi connectivity index (χ0n) is 11.6. The lowest BCUT2D eigenvalue weighted by Gasteiger charge is -2.22. The molecule has 1 atom stereocenters. The minimum atomic E-state index is -0.379. The van der Waals surface area contributed by atoms with E-state index < -0.39 is 0 Å². The van der Waals surface area contributed by atoms with Crippen molar-refractivity contribution in [3.05, 3.63) is 29.3 Å². The molecular formula is C15H21ClN2S. The van der Waals surface area contributed by atoms with Crippen LogP contribution in [0.25, 0.3) is 0 Å². The average molecular weight is 297 g/mol. The van der Waals surface area contributed by atoms with Gasteiger partial charge in [0.05, 0.1) is 6.07 Å². The molecule has 104 valence electrons. The van der Waals surface area contributed by atoms with Gasteiger partial charge >= 0.3 is 0 Å². The minimum Gasteiger partial charge on any atom is -0.300 e. The zero-order valence-corrected chi connectivity index (χ0v) is 13.2. The number of unbranched alkanes of at least 4 members (excludes halogenated alkanes) is 1. The maximum atomic E-state index is 9.15. The molecule has 0 aromatic heterocycles. The Morgan fingerprint density at radius 2 is 2.21 bits per heavy atom. The Bertz CT molecular complexity index is 430. The van der Waals surface area contributed by atoms with E-state index in [1.165, 1.54) is 4.90 Å². The Hall–Kier alpha value is -0.690. The summed E-state index contributed by atoms with van der Waals surface area (Å²) in [5, 5.41) is 13.2. The van der Waals surface area contributed by atoms with E-state index in [0.29, 0.717) is 0 Å². The van der Waals surface area contributed by atoms with Gasteiger partial charge in [-0.1, -0.05) is 24.6 Å². The number of rotatable bonds is 8. The molecule has 0 fully saturated rings. The van der Waals surface area contributed by atoms with Gasteiger partial charge in [-0.15, -0.1) is 11.8 Å². The van der Waals surface area contributed by atoms with Crippen LogP contribution in [0.2, 0.25) is 5.02 Å². The molecule has 0 spiro atoms. The molecule has 19 heavy (non-hydrogen) atoms. The van der Waals surface area contributed by atoms with Crippen molar-refractivity contribution in [3.63, 3.8) is 0 Å². The molecule has 1 unspecified atom stereocenters. The lowest BCUT2D eigenvalue weighted by atomic mass is 9.97. The van der Waals surface area contributed by atoms with Gasteiger partial charge < -0.3 is 0 Å². The van der Waals surface area contributed by atoms with E-state index in [1.807, 2.05) is 43.8 Å². The second-order valence-corrected chi connectivity index (χ2v) is 6.34. The third-order valence-electron chi connectivity index (χ3n) is 2.95. The number of hydrogen-bond acceptors (Lipinski definition) is 3. The molecule has 1 aromatic rings. The molecule has 0 heterocycles. The Balaban J connectivity index is 2.23. The second kappa shape index (κ2) is 8.47. The van der Waals surface area contributed by atoms with E-state index in [-0.39, 0.29) is 5.54 Å². The molecule has 0 aliphatic rings. The van der Waals surface area contributed by atoms with Crippen LogP contribution in [-0.4, -0.2) is 17.8 Å². The summed E-state index contributed by atoms with van der Waals surface area (Å²) in [6, 6.07) is 10.3. The molecule has 0 saturated heterocycles. The SMILES string of the molecule is CCNC(C)(C#N)CCCCSc1cccc(Cl)c1. The van der Waals surface area contributed by atoms with E-state index in [4.69, 9.17) is 16.9 Å². The Morgan fingerprint density at radius 1 is 1.42 bits per heavy atom. The fourth-order valence-electron chi connectivity index (χ4n) is 1.90. The molecule has 2 nitrogen and oxygen atoms in total. The monoisotopic (exact) mass is 296 g/mol. The van der Waals surface area contributed by atoms with Gasteiger partial charge in [0.25, 0.3) is 0 Å². The van der Waals surface area contributed by atoms with Crippen LogP contribution < -0.4 is 5.32 Å². The van der Waals surface area contributed by atoms with Crippen LogP contribution in [0.1, 0.15) is 33.1 Å². The number of thioether (sulfide) groups is 1. The Morgan fingerprint density at radius 3 is 2.84 bits per heavy atom. The molecule has 1 rings (SSSR count). The second-order valence-electron chi connectivity index (χ2n) is 4.74. The van der Waals surface area contributed by atoms with Gasteiger partial charge in [0.15, 0.2) is 0 Å². The first-order valence-electron chi connectivity index (χ1n) is 6.64. The lowest BCUT2D eigenvalue weighted by molar-refractivity contribution is 0.415. The fourth-order valence-corrected chi connectivity index (χ4v) is 3.13. The lowest BCUT2D eigenvalue weighted by Crippen LogP contribution is -2.40. The van der Waals surface area contributed by atoms with Crippen LogP contribution in [0.4, 0.5) is 0 Å². The number of nitrogens with one attached hydrogen (secondary N) is 1. The van der Waals surface area contributed by atoms with E-state index >= 15 is 0 Å². The van der Waals surface area contributed by atoms with Crippen molar-refractivity contribution in [2.45, 2.75) is 43.5 Å². The standard InChI is InChI=1S/C15H21ClN2S/c1-3-18-15(2,12-17)9-4-5-10-19-14-8-6-7-13(16)11-14/h6-8,11,18H,3-5,9-10H2,1-2H3. The van der Waals surface area contributed by atoms with Gasteiger partial charge in [0, 0.05) is 9.92 Å². The maximum Gasteiger partial charge on any atom is 0.103 e. The van der Waals surface area contributed by atoms with Crippen molar-refractivity contribution in [3.8, 4) is 6.07 Å². The highest BCUT2D eigenvalue weighted by molar-refractivity contribution is 7.99. The van der Waals surface area contributed by atoms with Gasteiger partial charge in [-0.3, -0.25) is 5.32 Å². The highest BCUT2D eigenvalue weighted by Gasteiger charge is 2.20. The van der Waals surface area contributed by atoms with Crippen molar-refractivity contribution < 1.29 is 0 Å². The molecule has 4 heteroatoms. The first-order valence-corrected chi connectivity index (χ1v) is 8.00. The van der Waals surface area contributed by atoms with Crippen molar-refractivity contribution in [2.24, 2.45) is 0 Å². The van der Waals surface area contributed by atoms with E-state index in [1.54, 1.807) is 0 Å². The molecule has 1 N–H and O–H groups in total. The number of hydrogen-bond donors (Lipinski definition) is 1. The summed E-state index contributed by atoms with van der Waals surface area (Å²) in [6.45, 7) is 4.84. The smallest absolute Gasteiger partial charge is 0.103 e. The predicted molar refractivity (Wildman–Crippen MR) is 83.7 cm³/mol. The van der Waals surface area contributed by atoms with Crippen LogP contribution in [0.3, 0.4) is 0 Å². The Labute approximate surface area is 125 Å². The number of nitriles is 1. The minimum absolute atomic E-state index is 0.379. The fraction of sp³-hybridized carbons (Fsp3) is 0.533. The summed E-state index contributed by atoms with van der Waals surface area (Å²) >= 11 is 7.76. The van der Waals surface area contributed by atoms with E-state index in [2.05, 4.69) is 17.5 Å². The highest BCUT2D eigenvalue weighted by atomic mass is 35.5. The molecule has 0 aliphatic carbocycles. The molecule has 0 amide bonds. The molecule has 0 bridgehead atoms. The van der Waals surface area contributed by atoms with Crippen LogP contribution in [0.15, 0.2) is 29.2 Å². The van der Waals surface area contributed by atoms with Crippen LogP contribution >= 0.6 is 23.4 Å². The first kappa shape index (κ1) is 16.4. The van der Waals surface area contributed by atoms with Crippen LogP contribution in [0, 0.1) is 11.3 Å². The van der Waals surface area contributed by atoms with Crippen molar-refractivity contribution >= 4 is 23.4 Å². The maximum absolute atomic E-state index is 9.15. The normalized spacial score (nSPS) is 13.8. The van der Waals surface area contributed by atoms with Crippen molar-refractivity contribution in [1.82, 2.24) is 5.32 Å². The van der Waals surface area contributed by atoms with Crippen LogP contribution in [0.5, 0.6) is 0 Å². The van der Waals surface area contributed by atoms with Gasteiger partial charge in [0.1, 0.15) is 5.54 Å². The summed E-state index contributed by atoms with van der Waals surface area (Å²) in [7, 11) is 0. The van der Waals surface area contributed by atoms with E-state index in [9.17, 15) is 0 Å². The molecule has 0 aliphatic heterocycles. The number of nitrogens with zero attached hydrogens (tertiary/aromatic N) is 1. The third-order valence-corrected chi connectivity index (χ3v) is 4.26. The number of halogens is 1. The molecule has 1 aromatic carbocycles. The number of benzene rings is 1. The largest absolute Gasteiger partial charge is 0.300 e. The predicted octanol–water partition coefficient (Wildman–Crippen LogP) is 4.49. The average Bonchev–Trinajstić information content (AvgIpc) is 2.39. The van der Waals surface area contributed by atoms with Gasteiger partial charge in [-0.05, 0) is 56.7 Å². The summed E-state index contributed by atoms with van der Waals surface area (Å²) in [6.07, 6.45) is 3.07. The molecule has 0 saturated carbocycles. The summed E-state index contributed by atoms with van der Waals surface area (Å²) in [5.41, 5.74) is -0.379. The first-order chi connectivity index (χ1) is 9.09. The molecule has 0 radical (unpaired) electrons. The summed E-state index contributed by atoms with van der Waals surface area (Å²) in [4.78, 5) is 1.21. The van der Waals surface area contributed by atoms with Crippen molar-refractivity contribution in [1.29, 1.82) is 5.26 Å². The van der Waals surface area contributed by atoms with Crippen LogP contribution in [-0.2, 0) is 0 Å². The topological polar surface area (TPSA) is 35.8 Å². The highest BCUT2D eigenvalue weighted by Crippen LogP contribution is 2.23. The van der Waals surface area contributed by atoms with Gasteiger partial charge in [0.2, 0.25) is 0 Å². The quantitative estimate of drug-likeness (QED) is 0.567. The van der Waals surface area contributed by atoms with Crippen molar-refractivity contribution in [2.75, 3.05) is 12.3 Å². The summed E-state index contributed by atoms with van der Waals surface area (Å²) < 4.78 is 0. The van der Waals surface area contributed by atoms with E-state index in [0.717, 1.165) is 36.6 Å². The third kappa shape index (κ3) is 6.33. The zero-order chi connectivity index (χ0) is 14.1. The molecular weight excluding hydrogens is 276 g/mol. The Kier molecular flexibility index (Phi) is 7.30. The van der Waals surface area contributed by atoms with Gasteiger partial charge in [-0.2, -0.15) is 5.26 Å². The summed E-state index contributed by atoms with van der Waals surface area (Å²) in [5.74, 6) is 1.06.